The van der Waals surface area contributed by atoms with Crippen molar-refractivity contribution >= 4 is 11.3 Å². The second kappa shape index (κ2) is 6.98. The van der Waals surface area contributed by atoms with E-state index >= 15 is 0 Å². The van der Waals surface area contributed by atoms with Crippen molar-refractivity contribution in [2.24, 2.45) is 5.92 Å². The Hall–Kier alpha value is -0.490. The first kappa shape index (κ1) is 14.4. The summed E-state index contributed by atoms with van der Waals surface area (Å²) in [4.78, 5) is 11.2. The minimum atomic E-state index is 0.851. The van der Waals surface area contributed by atoms with Gasteiger partial charge in [-0.15, -0.1) is 11.3 Å². The van der Waals surface area contributed by atoms with Crippen LogP contribution in [0.3, 0.4) is 0 Å². The van der Waals surface area contributed by atoms with Gasteiger partial charge in [0.25, 0.3) is 0 Å². The Balaban J connectivity index is 1.51. The van der Waals surface area contributed by atoms with Gasteiger partial charge in [0.1, 0.15) is 5.01 Å². The number of aromatic nitrogens is 1. The average molecular weight is 294 g/mol. The lowest BCUT2D eigenvalue weighted by Gasteiger charge is -2.30. The van der Waals surface area contributed by atoms with E-state index in [9.17, 15) is 0 Å². The maximum Gasteiger partial charge on any atom is 0.107 e. The van der Waals surface area contributed by atoms with Gasteiger partial charge >= 0.3 is 0 Å². The molecular weight excluding hydrogens is 268 g/mol. The van der Waals surface area contributed by atoms with Crippen LogP contribution in [0.4, 0.5) is 0 Å². The molecule has 0 aliphatic carbocycles. The van der Waals surface area contributed by atoms with Crippen LogP contribution in [-0.4, -0.2) is 54.1 Å². The third-order valence-corrected chi connectivity index (χ3v) is 5.26. The molecule has 3 heterocycles. The third kappa shape index (κ3) is 4.01. The monoisotopic (exact) mass is 294 g/mol. The number of likely N-dealkylation sites (tertiary alicyclic amines) is 1. The number of hydrogen-bond acceptors (Lipinski definition) is 5. The molecule has 2 saturated heterocycles. The van der Waals surface area contributed by atoms with Crippen molar-refractivity contribution in [1.29, 1.82) is 0 Å². The molecule has 20 heavy (non-hydrogen) atoms. The average Bonchev–Trinajstić information content (AvgIpc) is 2.87. The molecule has 1 atom stereocenters. The highest BCUT2D eigenvalue weighted by Gasteiger charge is 2.18. The molecule has 2 aliphatic heterocycles. The summed E-state index contributed by atoms with van der Waals surface area (Å²) >= 11 is 1.91. The molecule has 0 amide bonds. The van der Waals surface area contributed by atoms with Gasteiger partial charge in [-0.2, -0.15) is 0 Å². The van der Waals surface area contributed by atoms with Gasteiger partial charge in [-0.25, -0.2) is 4.98 Å². The van der Waals surface area contributed by atoms with Crippen LogP contribution >= 0.6 is 11.3 Å². The predicted molar refractivity (Wildman–Crippen MR) is 83.9 cm³/mol. The molecule has 1 N–H and O–H groups in total. The van der Waals surface area contributed by atoms with Gasteiger partial charge in [-0.1, -0.05) is 6.92 Å². The minimum Gasteiger partial charge on any atom is -0.314 e. The zero-order chi connectivity index (χ0) is 13.8. The number of piperazine rings is 1. The Kier molecular flexibility index (Phi) is 5.04. The summed E-state index contributed by atoms with van der Waals surface area (Å²) in [5, 5.41) is 4.70. The van der Waals surface area contributed by atoms with E-state index in [-0.39, 0.29) is 0 Å². The Bertz CT molecular complexity index is 414. The summed E-state index contributed by atoms with van der Waals surface area (Å²) in [5.74, 6) is 0.851. The molecule has 0 radical (unpaired) electrons. The first-order valence-corrected chi connectivity index (χ1v) is 8.70. The smallest absolute Gasteiger partial charge is 0.107 e. The highest BCUT2D eigenvalue weighted by atomic mass is 32.1. The first-order chi connectivity index (χ1) is 9.79. The maximum absolute atomic E-state index is 4.64. The number of thiazole rings is 1. The van der Waals surface area contributed by atoms with Crippen molar-refractivity contribution in [1.82, 2.24) is 20.1 Å². The van der Waals surface area contributed by atoms with Crippen molar-refractivity contribution in [3.05, 3.63) is 16.1 Å². The quantitative estimate of drug-likeness (QED) is 0.917. The molecule has 1 aromatic rings. The van der Waals surface area contributed by atoms with Gasteiger partial charge in [0.15, 0.2) is 0 Å². The van der Waals surface area contributed by atoms with Crippen LogP contribution in [0.5, 0.6) is 0 Å². The Morgan fingerprint density at radius 2 is 2.10 bits per heavy atom. The van der Waals surface area contributed by atoms with Crippen LogP contribution in [0, 0.1) is 5.92 Å². The Morgan fingerprint density at radius 1 is 1.25 bits per heavy atom. The number of piperidine rings is 1. The molecule has 2 aliphatic rings. The molecular formula is C15H26N4S. The van der Waals surface area contributed by atoms with Gasteiger partial charge in [0.05, 0.1) is 6.54 Å². The molecule has 0 bridgehead atoms. The Morgan fingerprint density at radius 3 is 2.90 bits per heavy atom. The molecule has 1 unspecified atom stereocenters. The Labute approximate surface area is 126 Å². The van der Waals surface area contributed by atoms with Crippen molar-refractivity contribution in [2.75, 3.05) is 39.3 Å². The molecule has 0 aromatic carbocycles. The van der Waals surface area contributed by atoms with Crippen LogP contribution < -0.4 is 5.32 Å². The second-order valence-corrected chi connectivity index (χ2v) is 7.43. The van der Waals surface area contributed by atoms with Crippen LogP contribution in [0.2, 0.25) is 0 Å². The van der Waals surface area contributed by atoms with E-state index in [1.807, 2.05) is 11.3 Å². The molecule has 2 fully saturated rings. The zero-order valence-electron chi connectivity index (χ0n) is 12.5. The molecule has 3 rings (SSSR count). The predicted octanol–water partition coefficient (Wildman–Crippen LogP) is 1.78. The lowest BCUT2D eigenvalue weighted by Crippen LogP contribution is -2.42. The number of hydrogen-bond donors (Lipinski definition) is 1. The molecule has 112 valence electrons. The van der Waals surface area contributed by atoms with E-state index in [1.54, 1.807) is 0 Å². The van der Waals surface area contributed by atoms with E-state index in [4.69, 9.17) is 0 Å². The normalized spacial score (nSPS) is 25.9. The summed E-state index contributed by atoms with van der Waals surface area (Å²) in [6.07, 6.45) is 4.83. The van der Waals surface area contributed by atoms with Crippen LogP contribution in [-0.2, 0) is 13.1 Å². The summed E-state index contributed by atoms with van der Waals surface area (Å²) in [6.45, 7) is 11.6. The first-order valence-electron chi connectivity index (χ1n) is 7.88. The molecule has 0 saturated carbocycles. The fourth-order valence-corrected chi connectivity index (χ4v) is 4.21. The molecule has 4 nitrogen and oxygen atoms in total. The van der Waals surface area contributed by atoms with E-state index < -0.39 is 0 Å². The molecule has 1 aromatic heterocycles. The topological polar surface area (TPSA) is 31.4 Å². The number of rotatable bonds is 4. The highest BCUT2D eigenvalue weighted by molar-refractivity contribution is 7.11. The summed E-state index contributed by atoms with van der Waals surface area (Å²) in [7, 11) is 0. The lowest BCUT2D eigenvalue weighted by atomic mass is 10.0. The molecule has 0 spiro atoms. The van der Waals surface area contributed by atoms with Gasteiger partial charge < -0.3 is 5.32 Å². The van der Waals surface area contributed by atoms with Crippen molar-refractivity contribution < 1.29 is 0 Å². The van der Waals surface area contributed by atoms with Crippen LogP contribution in [0.25, 0.3) is 0 Å². The van der Waals surface area contributed by atoms with E-state index in [0.29, 0.717) is 0 Å². The summed E-state index contributed by atoms with van der Waals surface area (Å²) < 4.78 is 0. The highest BCUT2D eigenvalue weighted by Crippen LogP contribution is 2.21. The van der Waals surface area contributed by atoms with Gasteiger partial charge in [0.2, 0.25) is 0 Å². The largest absolute Gasteiger partial charge is 0.314 e. The van der Waals surface area contributed by atoms with Gasteiger partial charge in [-0.3, -0.25) is 9.80 Å². The van der Waals surface area contributed by atoms with E-state index in [2.05, 4.69) is 33.2 Å². The summed E-state index contributed by atoms with van der Waals surface area (Å²) in [5.41, 5.74) is 0. The van der Waals surface area contributed by atoms with Crippen molar-refractivity contribution in [2.45, 2.75) is 32.9 Å². The third-order valence-electron chi connectivity index (χ3n) is 4.29. The van der Waals surface area contributed by atoms with E-state index in [0.717, 1.165) is 45.2 Å². The SMILES string of the molecule is CC1CCCN(Cc2ncc(CN3CCNCC3)s2)C1. The fourth-order valence-electron chi connectivity index (χ4n) is 3.21. The zero-order valence-corrected chi connectivity index (χ0v) is 13.3. The standard InChI is InChI=1S/C15H26N4S/c1-13-3-2-6-19(10-13)12-15-17-9-14(20-15)11-18-7-4-16-5-8-18/h9,13,16H,2-8,10-12H2,1H3. The van der Waals surface area contributed by atoms with Gasteiger partial charge in [-0.05, 0) is 25.3 Å². The van der Waals surface area contributed by atoms with Crippen LogP contribution in [0.1, 0.15) is 29.7 Å². The fraction of sp³-hybridized carbons (Fsp3) is 0.800. The van der Waals surface area contributed by atoms with E-state index in [1.165, 1.54) is 35.8 Å². The molecule has 5 heteroatoms. The summed E-state index contributed by atoms with van der Waals surface area (Å²) in [6, 6.07) is 0. The number of nitrogens with one attached hydrogen (secondary N) is 1. The second-order valence-electron chi connectivity index (χ2n) is 6.23. The minimum absolute atomic E-state index is 0.851. The van der Waals surface area contributed by atoms with Crippen LogP contribution in [0.15, 0.2) is 6.20 Å². The van der Waals surface area contributed by atoms with Crippen molar-refractivity contribution in [3.63, 3.8) is 0 Å². The maximum atomic E-state index is 4.64. The van der Waals surface area contributed by atoms with Crippen molar-refractivity contribution in [3.8, 4) is 0 Å². The van der Waals surface area contributed by atoms with Gasteiger partial charge in [0, 0.05) is 50.3 Å². The lowest BCUT2D eigenvalue weighted by molar-refractivity contribution is 0.176. The number of nitrogens with zero attached hydrogens (tertiary/aromatic N) is 3.